The molecule has 0 spiro atoms. The minimum absolute atomic E-state index is 0.00578. The Hall–Kier alpha value is -1.65. The molecule has 4 fully saturated rings. The fourth-order valence-corrected chi connectivity index (χ4v) is 10.8. The zero-order valence-electron chi connectivity index (χ0n) is 24.3. The molecule has 5 rings (SSSR count). The molecule has 0 saturated heterocycles. The van der Waals surface area contributed by atoms with Crippen LogP contribution in [-0.2, 0) is 19.1 Å². The van der Waals surface area contributed by atoms with E-state index in [0.717, 1.165) is 51.4 Å². The number of carbonyl (C=O) groups excluding carboxylic acids is 2. The molecular weight excluding hydrogens is 464 g/mol. The van der Waals surface area contributed by atoms with E-state index < -0.39 is 22.9 Å². The second-order valence-corrected chi connectivity index (χ2v) is 15.6. The SMILES string of the molecule is CC(=O)O[C@@H]1C[C@]2(C)[C@H]3CC=C4[C@@H]5CC(C)(C)CC[C@]5(C(=O)O)CC[C@@]4(C)[C@]3(C)CC[C@H]2C(C)(C)C1=O. The first-order chi connectivity index (χ1) is 16.9. The van der Waals surface area contributed by atoms with E-state index in [1.54, 1.807) is 0 Å². The summed E-state index contributed by atoms with van der Waals surface area (Å²) in [4.78, 5) is 38.3. The van der Waals surface area contributed by atoms with Gasteiger partial charge in [-0.1, -0.05) is 60.1 Å². The van der Waals surface area contributed by atoms with Crippen molar-refractivity contribution < 1.29 is 24.2 Å². The molecule has 0 aliphatic heterocycles. The van der Waals surface area contributed by atoms with Gasteiger partial charge >= 0.3 is 11.9 Å². The van der Waals surface area contributed by atoms with Crippen molar-refractivity contribution in [1.82, 2.24) is 0 Å². The Morgan fingerprint density at radius 3 is 2.19 bits per heavy atom. The molecule has 206 valence electrons. The maximum atomic E-state index is 13.5. The van der Waals surface area contributed by atoms with Gasteiger partial charge in [-0.25, -0.2) is 0 Å². The van der Waals surface area contributed by atoms with E-state index in [-0.39, 0.29) is 45.2 Å². The molecule has 0 unspecified atom stereocenters. The van der Waals surface area contributed by atoms with E-state index in [9.17, 15) is 19.5 Å². The van der Waals surface area contributed by atoms with Crippen molar-refractivity contribution in [2.24, 2.45) is 50.2 Å². The quantitative estimate of drug-likeness (QED) is 0.319. The third-order valence-corrected chi connectivity index (χ3v) is 13.1. The van der Waals surface area contributed by atoms with Gasteiger partial charge in [0.15, 0.2) is 11.9 Å². The summed E-state index contributed by atoms with van der Waals surface area (Å²) >= 11 is 0. The molecule has 0 radical (unpaired) electrons. The Bertz CT molecular complexity index is 1070. The van der Waals surface area contributed by atoms with Crippen LogP contribution in [0, 0.1) is 50.2 Å². The van der Waals surface area contributed by atoms with Crippen LogP contribution in [0.25, 0.3) is 0 Å². The summed E-state index contributed by atoms with van der Waals surface area (Å²) in [5, 5.41) is 10.5. The number of carboxylic acids is 1. The van der Waals surface area contributed by atoms with Gasteiger partial charge in [0.25, 0.3) is 0 Å². The minimum atomic E-state index is -0.681. The van der Waals surface area contributed by atoms with Gasteiger partial charge in [-0.2, -0.15) is 0 Å². The second-order valence-electron chi connectivity index (χ2n) is 15.6. The predicted octanol–water partition coefficient (Wildman–Crippen LogP) is 6.98. The Kier molecular flexibility index (Phi) is 5.78. The lowest BCUT2D eigenvalue weighted by molar-refractivity contribution is -0.205. The molecule has 5 aliphatic carbocycles. The molecule has 4 saturated carbocycles. The number of carboxylic acid groups (broad SMARTS) is 1. The van der Waals surface area contributed by atoms with Crippen molar-refractivity contribution in [1.29, 1.82) is 0 Å². The van der Waals surface area contributed by atoms with Crippen molar-refractivity contribution in [3.05, 3.63) is 11.6 Å². The zero-order chi connectivity index (χ0) is 27.4. The molecule has 0 heterocycles. The maximum absolute atomic E-state index is 13.5. The third-order valence-electron chi connectivity index (χ3n) is 13.1. The van der Waals surface area contributed by atoms with Crippen LogP contribution >= 0.6 is 0 Å². The summed E-state index contributed by atoms with van der Waals surface area (Å²) in [6.07, 6.45) is 9.66. The molecule has 0 amide bonds. The van der Waals surface area contributed by atoms with Crippen LogP contribution in [-0.4, -0.2) is 28.9 Å². The molecule has 5 heteroatoms. The fourth-order valence-electron chi connectivity index (χ4n) is 10.8. The first-order valence-corrected chi connectivity index (χ1v) is 14.6. The summed E-state index contributed by atoms with van der Waals surface area (Å²) in [5.41, 5.74) is 0.188. The first-order valence-electron chi connectivity index (χ1n) is 14.6. The Balaban J connectivity index is 1.60. The number of Topliss-reactive ketones (excluding diaryl/α,β-unsaturated/α-hetero) is 1. The minimum Gasteiger partial charge on any atom is -0.481 e. The summed E-state index contributed by atoms with van der Waals surface area (Å²) in [7, 11) is 0. The van der Waals surface area contributed by atoms with E-state index in [4.69, 9.17) is 4.74 Å². The Morgan fingerprint density at radius 2 is 1.57 bits per heavy atom. The molecular formula is C32H48O5. The van der Waals surface area contributed by atoms with Crippen molar-refractivity contribution in [2.75, 3.05) is 0 Å². The Labute approximate surface area is 223 Å². The van der Waals surface area contributed by atoms with E-state index in [1.807, 2.05) is 0 Å². The largest absolute Gasteiger partial charge is 0.481 e. The van der Waals surface area contributed by atoms with E-state index in [0.29, 0.717) is 12.3 Å². The number of rotatable bonds is 2. The third kappa shape index (κ3) is 3.43. The number of fused-ring (bicyclic) bond motifs is 7. The standard InChI is InChI=1S/C32H48O5/c1-19(33)37-22-18-29(6)23(28(4,5)25(22)34)11-12-31(8)24(29)10-9-20-21-17-27(2,3)13-15-32(21,26(35)36)16-14-30(20,31)7/h9,21-24H,10-18H2,1-8H3,(H,35,36)/t21-,22+,23-,24+,29-,30+,31+,32-/m0/s1. The molecule has 0 aromatic rings. The molecule has 5 nitrogen and oxygen atoms in total. The lowest BCUT2D eigenvalue weighted by atomic mass is 9.33. The van der Waals surface area contributed by atoms with Crippen LogP contribution in [0.15, 0.2) is 11.6 Å². The highest BCUT2D eigenvalue weighted by Crippen LogP contribution is 2.75. The van der Waals surface area contributed by atoms with E-state index >= 15 is 0 Å². The van der Waals surface area contributed by atoms with Crippen LogP contribution in [0.1, 0.15) is 113 Å². The summed E-state index contributed by atoms with van der Waals surface area (Å²) < 4.78 is 5.66. The number of allylic oxidation sites excluding steroid dienone is 2. The lowest BCUT2D eigenvalue weighted by Crippen LogP contribution is -2.66. The lowest BCUT2D eigenvalue weighted by Gasteiger charge is -2.70. The highest BCUT2D eigenvalue weighted by atomic mass is 16.5. The van der Waals surface area contributed by atoms with E-state index in [1.165, 1.54) is 12.5 Å². The molecule has 8 atom stereocenters. The van der Waals surface area contributed by atoms with Crippen LogP contribution in [0.2, 0.25) is 0 Å². The average molecular weight is 513 g/mol. The maximum Gasteiger partial charge on any atom is 0.310 e. The molecule has 0 aromatic heterocycles. The van der Waals surface area contributed by atoms with Gasteiger partial charge in [0.1, 0.15) is 0 Å². The molecule has 0 aromatic carbocycles. The summed E-state index contributed by atoms with van der Waals surface area (Å²) in [6, 6.07) is 0. The van der Waals surface area contributed by atoms with Gasteiger partial charge in [-0.15, -0.1) is 0 Å². The van der Waals surface area contributed by atoms with E-state index in [2.05, 4.69) is 54.5 Å². The second kappa shape index (κ2) is 7.94. The van der Waals surface area contributed by atoms with Gasteiger partial charge in [0, 0.05) is 12.3 Å². The fraction of sp³-hybridized carbons (Fsp3) is 0.844. The van der Waals surface area contributed by atoms with Gasteiger partial charge in [0.05, 0.1) is 5.41 Å². The van der Waals surface area contributed by atoms with Crippen molar-refractivity contribution in [3.63, 3.8) is 0 Å². The van der Waals surface area contributed by atoms with Crippen molar-refractivity contribution >= 4 is 17.7 Å². The number of hydrogen-bond donors (Lipinski definition) is 1. The van der Waals surface area contributed by atoms with Crippen LogP contribution in [0.3, 0.4) is 0 Å². The highest BCUT2D eigenvalue weighted by molar-refractivity contribution is 5.91. The number of carbonyl (C=O) groups is 3. The molecule has 1 N–H and O–H groups in total. The average Bonchev–Trinajstić information content (AvgIpc) is 2.77. The summed E-state index contributed by atoms with van der Waals surface area (Å²) in [5.74, 6) is -0.229. The number of ketones is 1. The Morgan fingerprint density at radius 1 is 0.919 bits per heavy atom. The van der Waals surface area contributed by atoms with Crippen molar-refractivity contribution in [2.45, 2.75) is 119 Å². The number of hydrogen-bond acceptors (Lipinski definition) is 4. The molecule has 37 heavy (non-hydrogen) atoms. The zero-order valence-corrected chi connectivity index (χ0v) is 24.3. The predicted molar refractivity (Wildman–Crippen MR) is 143 cm³/mol. The van der Waals surface area contributed by atoms with Gasteiger partial charge in [-0.3, -0.25) is 14.4 Å². The smallest absolute Gasteiger partial charge is 0.310 e. The molecule has 5 aliphatic rings. The number of esters is 1. The molecule has 0 bridgehead atoms. The monoisotopic (exact) mass is 512 g/mol. The van der Waals surface area contributed by atoms with Crippen molar-refractivity contribution in [3.8, 4) is 0 Å². The highest BCUT2D eigenvalue weighted by Gasteiger charge is 2.70. The number of ether oxygens (including phenoxy) is 1. The number of aliphatic carboxylic acids is 1. The topological polar surface area (TPSA) is 80.7 Å². The van der Waals surface area contributed by atoms with Gasteiger partial charge < -0.3 is 9.84 Å². The van der Waals surface area contributed by atoms with Gasteiger partial charge in [0.2, 0.25) is 0 Å². The van der Waals surface area contributed by atoms with Gasteiger partial charge in [-0.05, 0) is 97.2 Å². The van der Waals surface area contributed by atoms with Crippen LogP contribution < -0.4 is 0 Å². The summed E-state index contributed by atoms with van der Waals surface area (Å²) in [6.45, 7) is 17.4. The van der Waals surface area contributed by atoms with Crippen LogP contribution in [0.5, 0.6) is 0 Å². The normalized spacial score (nSPS) is 47.9. The van der Waals surface area contributed by atoms with Crippen LogP contribution in [0.4, 0.5) is 0 Å². The first kappa shape index (κ1) is 26.9.